The highest BCUT2D eigenvalue weighted by Gasteiger charge is 2.31. The Morgan fingerprint density at radius 2 is 1.86 bits per heavy atom. The lowest BCUT2D eigenvalue weighted by Gasteiger charge is -2.35. The smallest absolute Gasteiger partial charge is 0.226 e. The first-order valence-electron chi connectivity index (χ1n) is 8.32. The summed E-state index contributed by atoms with van der Waals surface area (Å²) >= 11 is 0. The molecule has 3 rings (SSSR count). The molecule has 0 aliphatic carbocycles. The molecule has 2 amide bonds. The third kappa shape index (κ3) is 3.67. The Bertz CT molecular complexity index is 521. The molecule has 1 aromatic rings. The van der Waals surface area contributed by atoms with E-state index in [0.29, 0.717) is 18.9 Å². The fourth-order valence-corrected chi connectivity index (χ4v) is 3.56. The number of carbonyl (C=O) groups excluding carboxylic acids is 2. The summed E-state index contributed by atoms with van der Waals surface area (Å²) in [7, 11) is 0. The van der Waals surface area contributed by atoms with Gasteiger partial charge < -0.3 is 10.2 Å². The van der Waals surface area contributed by atoms with Gasteiger partial charge in [0.15, 0.2) is 0 Å². The number of nitrogens with zero attached hydrogens (tertiary/aromatic N) is 1. The highest BCUT2D eigenvalue weighted by Crippen LogP contribution is 2.24. The SMILES string of the molecule is O=C1CC(C(=O)N2CCC(Cc3ccccc3)CC2)CCN1. The van der Waals surface area contributed by atoms with Crippen LogP contribution in [-0.2, 0) is 16.0 Å². The van der Waals surface area contributed by atoms with E-state index in [1.165, 1.54) is 5.56 Å². The van der Waals surface area contributed by atoms with Crippen LogP contribution in [0.2, 0.25) is 0 Å². The average molecular weight is 300 g/mol. The number of piperidine rings is 2. The topological polar surface area (TPSA) is 49.4 Å². The predicted molar refractivity (Wildman–Crippen MR) is 85.2 cm³/mol. The molecule has 118 valence electrons. The molecule has 0 bridgehead atoms. The van der Waals surface area contributed by atoms with Crippen LogP contribution in [0.1, 0.15) is 31.2 Å². The van der Waals surface area contributed by atoms with Crippen molar-refractivity contribution in [1.29, 1.82) is 0 Å². The van der Waals surface area contributed by atoms with Crippen molar-refractivity contribution in [2.45, 2.75) is 32.1 Å². The van der Waals surface area contributed by atoms with E-state index in [9.17, 15) is 9.59 Å². The quantitative estimate of drug-likeness (QED) is 0.928. The maximum absolute atomic E-state index is 12.5. The van der Waals surface area contributed by atoms with Gasteiger partial charge in [0.25, 0.3) is 0 Å². The van der Waals surface area contributed by atoms with Gasteiger partial charge in [-0.15, -0.1) is 0 Å². The first-order valence-corrected chi connectivity index (χ1v) is 8.32. The number of likely N-dealkylation sites (tertiary alicyclic amines) is 1. The number of hydrogen-bond acceptors (Lipinski definition) is 2. The van der Waals surface area contributed by atoms with Gasteiger partial charge in [-0.1, -0.05) is 30.3 Å². The number of amides is 2. The molecular formula is C18H24N2O2. The molecule has 2 aliphatic rings. The lowest BCUT2D eigenvalue weighted by molar-refractivity contribution is -0.141. The third-order valence-corrected chi connectivity index (χ3v) is 4.89. The van der Waals surface area contributed by atoms with Gasteiger partial charge in [0.1, 0.15) is 0 Å². The van der Waals surface area contributed by atoms with E-state index < -0.39 is 0 Å². The molecule has 2 saturated heterocycles. The molecule has 0 aromatic heterocycles. The molecule has 4 nitrogen and oxygen atoms in total. The molecule has 4 heteroatoms. The number of benzene rings is 1. The van der Waals surface area contributed by atoms with Crippen molar-refractivity contribution >= 4 is 11.8 Å². The summed E-state index contributed by atoms with van der Waals surface area (Å²) < 4.78 is 0. The zero-order valence-electron chi connectivity index (χ0n) is 13.0. The summed E-state index contributed by atoms with van der Waals surface area (Å²) in [6, 6.07) is 10.6. The van der Waals surface area contributed by atoms with Crippen molar-refractivity contribution in [3.63, 3.8) is 0 Å². The summed E-state index contributed by atoms with van der Waals surface area (Å²) in [5, 5.41) is 2.79. The molecule has 22 heavy (non-hydrogen) atoms. The Hall–Kier alpha value is -1.84. The minimum Gasteiger partial charge on any atom is -0.356 e. The molecule has 1 N–H and O–H groups in total. The van der Waals surface area contributed by atoms with Gasteiger partial charge in [0, 0.05) is 32.0 Å². The van der Waals surface area contributed by atoms with Crippen molar-refractivity contribution in [2.75, 3.05) is 19.6 Å². The van der Waals surface area contributed by atoms with Gasteiger partial charge in [-0.05, 0) is 37.2 Å². The Kier molecular flexibility index (Phi) is 4.76. The molecular weight excluding hydrogens is 276 g/mol. The highest BCUT2D eigenvalue weighted by molar-refractivity contribution is 5.86. The average Bonchev–Trinajstić information content (AvgIpc) is 2.56. The molecule has 1 unspecified atom stereocenters. The van der Waals surface area contributed by atoms with Crippen molar-refractivity contribution in [3.8, 4) is 0 Å². The molecule has 1 atom stereocenters. The molecule has 2 heterocycles. The molecule has 0 radical (unpaired) electrons. The largest absolute Gasteiger partial charge is 0.356 e. The summed E-state index contributed by atoms with van der Waals surface area (Å²) in [5.41, 5.74) is 1.39. The molecule has 1 aromatic carbocycles. The van der Waals surface area contributed by atoms with Crippen LogP contribution >= 0.6 is 0 Å². The summed E-state index contributed by atoms with van der Waals surface area (Å²) in [5.74, 6) is 0.775. The van der Waals surface area contributed by atoms with Crippen LogP contribution in [0, 0.1) is 11.8 Å². The monoisotopic (exact) mass is 300 g/mol. The minimum absolute atomic E-state index is 0.0172. The molecule has 2 fully saturated rings. The number of carbonyl (C=O) groups is 2. The van der Waals surface area contributed by atoms with Gasteiger partial charge >= 0.3 is 0 Å². The number of nitrogens with one attached hydrogen (secondary N) is 1. The van der Waals surface area contributed by atoms with E-state index in [1.807, 2.05) is 11.0 Å². The Morgan fingerprint density at radius 3 is 2.55 bits per heavy atom. The first kappa shape index (κ1) is 15.1. The normalized spacial score (nSPS) is 23.2. The van der Waals surface area contributed by atoms with Gasteiger partial charge in [-0.3, -0.25) is 9.59 Å². The van der Waals surface area contributed by atoms with E-state index in [1.54, 1.807) is 0 Å². The summed E-state index contributed by atoms with van der Waals surface area (Å²) in [6.07, 6.45) is 4.39. The second-order valence-electron chi connectivity index (χ2n) is 6.50. The third-order valence-electron chi connectivity index (χ3n) is 4.89. The second-order valence-corrected chi connectivity index (χ2v) is 6.50. The van der Waals surface area contributed by atoms with Crippen LogP contribution < -0.4 is 5.32 Å². The fraction of sp³-hybridized carbons (Fsp3) is 0.556. The van der Waals surface area contributed by atoms with Crippen molar-refractivity contribution in [3.05, 3.63) is 35.9 Å². The van der Waals surface area contributed by atoms with Gasteiger partial charge in [0.05, 0.1) is 0 Å². The van der Waals surface area contributed by atoms with Crippen LogP contribution in [0.3, 0.4) is 0 Å². The van der Waals surface area contributed by atoms with Crippen LogP contribution in [-0.4, -0.2) is 36.3 Å². The number of rotatable bonds is 3. The lowest BCUT2D eigenvalue weighted by atomic mass is 9.88. The van der Waals surface area contributed by atoms with Crippen molar-refractivity contribution in [1.82, 2.24) is 10.2 Å². The fourth-order valence-electron chi connectivity index (χ4n) is 3.56. The Balaban J connectivity index is 1.49. The summed E-state index contributed by atoms with van der Waals surface area (Å²) in [4.78, 5) is 25.9. The Labute approximate surface area is 131 Å². The number of hydrogen-bond donors (Lipinski definition) is 1. The molecule has 0 saturated carbocycles. The van der Waals surface area contributed by atoms with Crippen molar-refractivity contribution in [2.24, 2.45) is 11.8 Å². The van der Waals surface area contributed by atoms with Crippen LogP contribution in [0.25, 0.3) is 0 Å². The zero-order chi connectivity index (χ0) is 15.4. The van der Waals surface area contributed by atoms with Crippen molar-refractivity contribution < 1.29 is 9.59 Å². The van der Waals surface area contributed by atoms with E-state index in [-0.39, 0.29) is 17.7 Å². The van der Waals surface area contributed by atoms with Crippen LogP contribution in [0.15, 0.2) is 30.3 Å². The second kappa shape index (κ2) is 6.95. The zero-order valence-corrected chi connectivity index (χ0v) is 13.0. The Morgan fingerprint density at radius 1 is 1.14 bits per heavy atom. The minimum atomic E-state index is -0.0978. The lowest BCUT2D eigenvalue weighted by Crippen LogP contribution is -2.46. The van der Waals surface area contributed by atoms with Gasteiger partial charge in [0.2, 0.25) is 11.8 Å². The standard InChI is InChI=1S/C18H24N2O2/c21-17-13-16(6-9-19-17)18(22)20-10-7-15(8-11-20)12-14-4-2-1-3-5-14/h1-5,15-16H,6-13H2,(H,19,21). The van der Waals surface area contributed by atoms with Gasteiger partial charge in [-0.2, -0.15) is 0 Å². The van der Waals surface area contributed by atoms with Crippen LogP contribution in [0.4, 0.5) is 0 Å². The predicted octanol–water partition coefficient (Wildman–Crippen LogP) is 1.99. The molecule has 2 aliphatic heterocycles. The van der Waals surface area contributed by atoms with E-state index in [2.05, 4.69) is 29.6 Å². The van der Waals surface area contributed by atoms with E-state index in [4.69, 9.17) is 0 Å². The highest BCUT2D eigenvalue weighted by atomic mass is 16.2. The van der Waals surface area contributed by atoms with Gasteiger partial charge in [-0.25, -0.2) is 0 Å². The maximum Gasteiger partial charge on any atom is 0.226 e. The maximum atomic E-state index is 12.5. The summed E-state index contributed by atoms with van der Waals surface area (Å²) in [6.45, 7) is 2.32. The van der Waals surface area contributed by atoms with E-state index >= 15 is 0 Å². The first-order chi connectivity index (χ1) is 10.7. The van der Waals surface area contributed by atoms with Crippen LogP contribution in [0.5, 0.6) is 0 Å². The molecule has 0 spiro atoms. The van der Waals surface area contributed by atoms with E-state index in [0.717, 1.165) is 38.8 Å².